The molecular weight excluding hydrogens is 380 g/mol. The van der Waals surface area contributed by atoms with Crippen LogP contribution < -0.4 is 5.56 Å². The number of benzene rings is 2. The van der Waals surface area contributed by atoms with E-state index < -0.39 is 12.1 Å². The van der Waals surface area contributed by atoms with Gasteiger partial charge in [-0.3, -0.25) is 9.59 Å². The number of hydrogen-bond donors (Lipinski definition) is 0. The van der Waals surface area contributed by atoms with E-state index in [0.717, 1.165) is 0 Å². The first-order chi connectivity index (χ1) is 13.3. The summed E-state index contributed by atoms with van der Waals surface area (Å²) in [6.45, 7) is 5.09. The topological polar surface area (TPSA) is 78.3 Å². The first kappa shape index (κ1) is 19.8. The number of aromatic nitrogens is 2. The number of nitrogens with zero attached hydrogens (tertiary/aromatic N) is 2. The fourth-order valence-corrected chi connectivity index (χ4v) is 2.95. The minimum atomic E-state index is -1.02. The van der Waals surface area contributed by atoms with Crippen molar-refractivity contribution in [3.05, 3.63) is 75.2 Å². The lowest BCUT2D eigenvalue weighted by molar-refractivity contribution is 0.0312. The van der Waals surface area contributed by atoms with Crippen LogP contribution in [0.4, 0.5) is 0 Å². The molecule has 144 valence electrons. The Hall–Kier alpha value is -2.99. The standard InChI is InChI=1S/C21H19ClN2O4/c1-12(2)24-20(26)17-7-5-4-6-16(17)18(23-24)21(27)28-13(3)19(25)14-8-10-15(22)11-9-14/h4-13H,1-3H3. The van der Waals surface area contributed by atoms with Crippen molar-refractivity contribution in [2.24, 2.45) is 0 Å². The largest absolute Gasteiger partial charge is 0.449 e. The molecule has 1 atom stereocenters. The second-order valence-corrected chi connectivity index (χ2v) is 7.09. The van der Waals surface area contributed by atoms with Crippen molar-refractivity contribution in [1.29, 1.82) is 0 Å². The molecule has 0 saturated carbocycles. The van der Waals surface area contributed by atoms with E-state index in [1.54, 1.807) is 62.4 Å². The van der Waals surface area contributed by atoms with Gasteiger partial charge in [-0.1, -0.05) is 29.8 Å². The van der Waals surface area contributed by atoms with Gasteiger partial charge < -0.3 is 4.74 Å². The van der Waals surface area contributed by atoms with Gasteiger partial charge in [-0.05, 0) is 51.1 Å². The molecule has 0 aliphatic rings. The predicted molar refractivity (Wildman–Crippen MR) is 107 cm³/mol. The number of carbonyl (C=O) groups is 2. The van der Waals surface area contributed by atoms with Crippen LogP contribution in [0.1, 0.15) is 47.7 Å². The van der Waals surface area contributed by atoms with Gasteiger partial charge in [0.1, 0.15) is 0 Å². The number of fused-ring (bicyclic) bond motifs is 1. The van der Waals surface area contributed by atoms with E-state index in [-0.39, 0.29) is 23.1 Å². The molecule has 28 heavy (non-hydrogen) atoms. The number of halogens is 1. The maximum absolute atomic E-state index is 12.8. The third-order valence-electron chi connectivity index (χ3n) is 4.29. The number of carbonyl (C=O) groups excluding carboxylic acids is 2. The Labute approximate surface area is 166 Å². The Bertz CT molecular complexity index is 1100. The lowest BCUT2D eigenvalue weighted by Gasteiger charge is -2.15. The highest BCUT2D eigenvalue weighted by molar-refractivity contribution is 6.30. The molecule has 0 aliphatic carbocycles. The zero-order chi connectivity index (χ0) is 20.4. The summed E-state index contributed by atoms with van der Waals surface area (Å²) in [5.41, 5.74) is 0.0989. The second kappa shape index (κ2) is 7.94. The minimum absolute atomic E-state index is 0.000318. The molecule has 1 unspecified atom stereocenters. The average molecular weight is 399 g/mol. The van der Waals surface area contributed by atoms with Crippen LogP contribution in [0.2, 0.25) is 5.02 Å². The van der Waals surface area contributed by atoms with Crippen molar-refractivity contribution in [3.8, 4) is 0 Å². The molecule has 0 saturated heterocycles. The lowest BCUT2D eigenvalue weighted by atomic mass is 10.1. The fraction of sp³-hybridized carbons (Fsp3) is 0.238. The van der Waals surface area contributed by atoms with Gasteiger partial charge in [-0.2, -0.15) is 5.10 Å². The van der Waals surface area contributed by atoms with E-state index in [0.29, 0.717) is 21.4 Å². The van der Waals surface area contributed by atoms with E-state index in [9.17, 15) is 14.4 Å². The summed E-state index contributed by atoms with van der Waals surface area (Å²) in [5.74, 6) is -1.12. The van der Waals surface area contributed by atoms with Crippen LogP contribution in [0.5, 0.6) is 0 Å². The molecule has 2 aromatic carbocycles. The summed E-state index contributed by atoms with van der Waals surface area (Å²) >= 11 is 5.84. The molecule has 0 aliphatic heterocycles. The van der Waals surface area contributed by atoms with Crippen LogP contribution in [-0.2, 0) is 4.74 Å². The minimum Gasteiger partial charge on any atom is -0.449 e. The smallest absolute Gasteiger partial charge is 0.360 e. The van der Waals surface area contributed by atoms with Crippen molar-refractivity contribution in [3.63, 3.8) is 0 Å². The summed E-state index contributed by atoms with van der Waals surface area (Å²) in [6.07, 6.45) is -1.02. The molecule has 0 bridgehead atoms. The number of Topliss-reactive ketones (excluding diaryl/α,β-unsaturated/α-hetero) is 1. The number of ether oxygens (including phenoxy) is 1. The van der Waals surface area contributed by atoms with Crippen molar-refractivity contribution in [2.45, 2.75) is 32.9 Å². The van der Waals surface area contributed by atoms with E-state index in [4.69, 9.17) is 16.3 Å². The molecular formula is C21H19ClN2O4. The summed E-state index contributed by atoms with van der Waals surface area (Å²) in [7, 11) is 0. The number of hydrogen-bond acceptors (Lipinski definition) is 5. The van der Waals surface area contributed by atoms with Gasteiger partial charge in [0.05, 0.1) is 11.4 Å². The van der Waals surface area contributed by atoms with Crippen LogP contribution in [-0.4, -0.2) is 27.6 Å². The third-order valence-corrected chi connectivity index (χ3v) is 4.54. The maximum Gasteiger partial charge on any atom is 0.360 e. The van der Waals surface area contributed by atoms with Crippen LogP contribution in [0.15, 0.2) is 53.3 Å². The summed E-state index contributed by atoms with van der Waals surface area (Å²) in [6, 6.07) is 12.8. The predicted octanol–water partition coefficient (Wildman–Crippen LogP) is 4.06. The fourth-order valence-electron chi connectivity index (χ4n) is 2.83. The molecule has 0 radical (unpaired) electrons. The first-order valence-electron chi connectivity index (χ1n) is 8.82. The zero-order valence-corrected chi connectivity index (χ0v) is 16.4. The Balaban J connectivity index is 1.95. The molecule has 6 nitrogen and oxygen atoms in total. The van der Waals surface area contributed by atoms with Crippen LogP contribution >= 0.6 is 11.6 Å². The molecule has 7 heteroatoms. The van der Waals surface area contributed by atoms with Crippen LogP contribution in [0, 0.1) is 0 Å². The lowest BCUT2D eigenvalue weighted by Crippen LogP contribution is -2.30. The third kappa shape index (κ3) is 3.82. The number of rotatable bonds is 5. The highest BCUT2D eigenvalue weighted by atomic mass is 35.5. The molecule has 1 heterocycles. The highest BCUT2D eigenvalue weighted by Crippen LogP contribution is 2.18. The van der Waals surface area contributed by atoms with Crippen molar-refractivity contribution in [1.82, 2.24) is 9.78 Å². The Morgan fingerprint density at radius 1 is 1.00 bits per heavy atom. The Kier molecular flexibility index (Phi) is 5.61. The highest BCUT2D eigenvalue weighted by Gasteiger charge is 2.24. The quantitative estimate of drug-likeness (QED) is 0.478. The average Bonchev–Trinajstić information content (AvgIpc) is 2.68. The van der Waals surface area contributed by atoms with E-state index in [1.807, 2.05) is 0 Å². The van der Waals surface area contributed by atoms with Gasteiger partial charge in [0.15, 0.2) is 11.8 Å². The summed E-state index contributed by atoms with van der Waals surface area (Å²) in [5, 5.41) is 5.46. The number of esters is 1. The maximum atomic E-state index is 12.8. The van der Waals surface area contributed by atoms with Gasteiger partial charge in [0.2, 0.25) is 5.78 Å². The molecule has 3 aromatic rings. The van der Waals surface area contributed by atoms with E-state index >= 15 is 0 Å². The van der Waals surface area contributed by atoms with Gasteiger partial charge in [-0.25, -0.2) is 9.48 Å². The molecule has 0 amide bonds. The zero-order valence-electron chi connectivity index (χ0n) is 15.7. The molecule has 3 rings (SSSR count). The van der Waals surface area contributed by atoms with Crippen LogP contribution in [0.25, 0.3) is 10.8 Å². The second-order valence-electron chi connectivity index (χ2n) is 6.66. The van der Waals surface area contributed by atoms with Crippen molar-refractivity contribution >= 4 is 34.1 Å². The van der Waals surface area contributed by atoms with Crippen molar-refractivity contribution in [2.75, 3.05) is 0 Å². The Morgan fingerprint density at radius 3 is 2.21 bits per heavy atom. The van der Waals surface area contributed by atoms with Gasteiger partial charge in [0, 0.05) is 16.0 Å². The van der Waals surface area contributed by atoms with Gasteiger partial charge in [-0.15, -0.1) is 0 Å². The van der Waals surface area contributed by atoms with E-state index in [2.05, 4.69) is 5.10 Å². The number of ketones is 1. The monoisotopic (exact) mass is 398 g/mol. The molecule has 0 fully saturated rings. The molecule has 0 spiro atoms. The Morgan fingerprint density at radius 2 is 1.61 bits per heavy atom. The molecule has 1 aromatic heterocycles. The SMILES string of the molecule is CC(OC(=O)c1nn(C(C)C)c(=O)c2ccccc12)C(=O)c1ccc(Cl)cc1. The van der Waals surface area contributed by atoms with Gasteiger partial charge >= 0.3 is 5.97 Å². The van der Waals surface area contributed by atoms with Gasteiger partial charge in [0.25, 0.3) is 5.56 Å². The molecule has 0 N–H and O–H groups in total. The van der Waals surface area contributed by atoms with Crippen LogP contribution in [0.3, 0.4) is 0 Å². The summed E-state index contributed by atoms with van der Waals surface area (Å²) in [4.78, 5) is 37.9. The summed E-state index contributed by atoms with van der Waals surface area (Å²) < 4.78 is 6.61. The first-order valence-corrected chi connectivity index (χ1v) is 9.19. The van der Waals surface area contributed by atoms with Crippen molar-refractivity contribution < 1.29 is 14.3 Å². The normalized spacial score (nSPS) is 12.2. The van der Waals surface area contributed by atoms with E-state index in [1.165, 1.54) is 11.6 Å².